The second-order valence-corrected chi connectivity index (χ2v) is 6.63. The van der Waals surface area contributed by atoms with Crippen molar-refractivity contribution in [1.29, 1.82) is 0 Å². The third-order valence-electron chi connectivity index (χ3n) is 3.80. The highest BCUT2D eigenvalue weighted by molar-refractivity contribution is 9.10. The molecular weight excluding hydrogens is 372 g/mol. The van der Waals surface area contributed by atoms with Gasteiger partial charge in [-0.2, -0.15) is 0 Å². The van der Waals surface area contributed by atoms with E-state index in [0.29, 0.717) is 5.69 Å². The molecule has 1 aromatic heterocycles. The van der Waals surface area contributed by atoms with Crippen LogP contribution in [0.4, 0.5) is 0 Å². The van der Waals surface area contributed by atoms with Gasteiger partial charge in [-0.25, -0.2) is 4.98 Å². The lowest BCUT2D eigenvalue weighted by Gasteiger charge is -2.35. The van der Waals surface area contributed by atoms with E-state index in [9.17, 15) is 4.79 Å². The minimum absolute atomic E-state index is 0.0987. The van der Waals surface area contributed by atoms with E-state index in [1.54, 1.807) is 6.20 Å². The van der Waals surface area contributed by atoms with E-state index >= 15 is 0 Å². The molecule has 0 radical (unpaired) electrons. The fraction of sp³-hybridized carbons (Fsp3) is 0.571. The molecule has 0 aromatic carbocycles. The molecule has 1 N–H and O–H groups in total. The van der Waals surface area contributed by atoms with Gasteiger partial charge in [-0.1, -0.05) is 35.2 Å². The Morgan fingerprint density at radius 3 is 2.74 bits per heavy atom. The molecule has 1 aliphatic carbocycles. The number of rotatable bonds is 4. The topological polar surface area (TPSA) is 42.0 Å². The molecule has 104 valence electrons. The zero-order chi connectivity index (χ0) is 13.7. The van der Waals surface area contributed by atoms with Crippen molar-refractivity contribution in [2.75, 3.05) is 11.9 Å². The van der Waals surface area contributed by atoms with Gasteiger partial charge in [0.1, 0.15) is 5.69 Å². The van der Waals surface area contributed by atoms with Gasteiger partial charge in [-0.3, -0.25) is 4.79 Å². The van der Waals surface area contributed by atoms with E-state index in [1.165, 1.54) is 32.1 Å². The highest BCUT2D eigenvalue weighted by Crippen LogP contribution is 2.37. The van der Waals surface area contributed by atoms with Gasteiger partial charge in [0.25, 0.3) is 5.91 Å². The molecule has 0 spiro atoms. The molecule has 0 bridgehead atoms. The van der Waals surface area contributed by atoms with Gasteiger partial charge >= 0.3 is 0 Å². The van der Waals surface area contributed by atoms with Crippen molar-refractivity contribution in [3.05, 3.63) is 28.5 Å². The minimum atomic E-state index is -0.0987. The quantitative estimate of drug-likeness (QED) is 0.793. The van der Waals surface area contributed by atoms with Gasteiger partial charge in [0.2, 0.25) is 0 Å². The third-order valence-corrected chi connectivity index (χ3v) is 5.62. The Morgan fingerprint density at radius 2 is 2.11 bits per heavy atom. The Hall–Kier alpha value is -0.420. The number of pyridine rings is 1. The maximum Gasteiger partial charge on any atom is 0.271 e. The molecule has 0 atom stereocenters. The lowest BCUT2D eigenvalue weighted by atomic mass is 9.75. The molecule has 1 aromatic rings. The van der Waals surface area contributed by atoms with Crippen molar-refractivity contribution >= 4 is 37.8 Å². The zero-order valence-corrected chi connectivity index (χ0v) is 14.0. The van der Waals surface area contributed by atoms with Crippen molar-refractivity contribution in [3.63, 3.8) is 0 Å². The molecule has 19 heavy (non-hydrogen) atoms. The number of nitrogens with zero attached hydrogens (tertiary/aromatic N) is 1. The molecule has 0 saturated heterocycles. The first-order valence-corrected chi connectivity index (χ1v) is 8.53. The second kappa shape index (κ2) is 6.84. The van der Waals surface area contributed by atoms with Crippen molar-refractivity contribution in [2.24, 2.45) is 5.41 Å². The first kappa shape index (κ1) is 15.0. The number of hydrogen-bond acceptors (Lipinski definition) is 2. The van der Waals surface area contributed by atoms with Gasteiger partial charge in [0.15, 0.2) is 0 Å². The van der Waals surface area contributed by atoms with E-state index < -0.39 is 0 Å². The van der Waals surface area contributed by atoms with Crippen LogP contribution >= 0.6 is 31.9 Å². The number of hydrogen-bond donors (Lipinski definition) is 1. The summed E-state index contributed by atoms with van der Waals surface area (Å²) in [4.78, 5) is 16.3. The number of carbonyl (C=O) groups is 1. The van der Waals surface area contributed by atoms with E-state index in [4.69, 9.17) is 0 Å². The van der Waals surface area contributed by atoms with E-state index in [2.05, 4.69) is 42.2 Å². The standard InChI is InChI=1S/C14H18Br2N2O/c15-9-14(6-2-1-3-7-14)10-18-13(19)12-11(16)5-4-8-17-12/h4-5,8H,1-3,6-7,9-10H2,(H,18,19). The Morgan fingerprint density at radius 1 is 1.37 bits per heavy atom. The molecule has 2 rings (SSSR count). The van der Waals surface area contributed by atoms with Crippen molar-refractivity contribution in [2.45, 2.75) is 32.1 Å². The van der Waals surface area contributed by atoms with Gasteiger partial charge in [-0.05, 0) is 46.3 Å². The first-order valence-electron chi connectivity index (χ1n) is 6.62. The van der Waals surface area contributed by atoms with Crippen LogP contribution in [0.15, 0.2) is 22.8 Å². The van der Waals surface area contributed by atoms with E-state index in [0.717, 1.165) is 16.3 Å². The van der Waals surface area contributed by atoms with Crippen molar-refractivity contribution in [1.82, 2.24) is 10.3 Å². The monoisotopic (exact) mass is 388 g/mol. The largest absolute Gasteiger partial charge is 0.350 e. The highest BCUT2D eigenvalue weighted by Gasteiger charge is 2.31. The molecule has 1 saturated carbocycles. The van der Waals surface area contributed by atoms with Crippen LogP contribution < -0.4 is 5.32 Å². The van der Waals surface area contributed by atoms with Crippen molar-refractivity contribution < 1.29 is 4.79 Å². The summed E-state index contributed by atoms with van der Waals surface area (Å²) in [5.74, 6) is -0.0987. The first-order chi connectivity index (χ1) is 9.17. The minimum Gasteiger partial charge on any atom is -0.350 e. The summed E-state index contributed by atoms with van der Waals surface area (Å²) in [6.45, 7) is 0.722. The molecule has 1 heterocycles. The van der Waals surface area contributed by atoms with E-state index in [1.807, 2.05) is 12.1 Å². The number of aromatic nitrogens is 1. The number of amides is 1. The number of halogens is 2. The summed E-state index contributed by atoms with van der Waals surface area (Å²) in [7, 11) is 0. The zero-order valence-electron chi connectivity index (χ0n) is 10.8. The van der Waals surface area contributed by atoms with Crippen LogP contribution in [-0.4, -0.2) is 22.8 Å². The maximum atomic E-state index is 12.1. The third kappa shape index (κ3) is 3.78. The van der Waals surface area contributed by atoms with Crippen LogP contribution in [-0.2, 0) is 0 Å². The van der Waals surface area contributed by atoms with Crippen LogP contribution in [0.3, 0.4) is 0 Å². The van der Waals surface area contributed by atoms with Crippen LogP contribution in [0, 0.1) is 5.41 Å². The van der Waals surface area contributed by atoms with Crippen LogP contribution in [0.25, 0.3) is 0 Å². The number of alkyl halides is 1. The number of nitrogens with one attached hydrogen (secondary N) is 1. The van der Waals surface area contributed by atoms with Crippen LogP contribution in [0.1, 0.15) is 42.6 Å². The summed E-state index contributed by atoms with van der Waals surface area (Å²) in [5.41, 5.74) is 0.679. The number of carbonyl (C=O) groups excluding carboxylic acids is 1. The van der Waals surface area contributed by atoms with Gasteiger partial charge < -0.3 is 5.32 Å². The smallest absolute Gasteiger partial charge is 0.271 e. The SMILES string of the molecule is O=C(NCC1(CBr)CCCCC1)c1ncccc1Br. The van der Waals surface area contributed by atoms with Gasteiger partial charge in [0, 0.05) is 22.5 Å². The van der Waals surface area contributed by atoms with Gasteiger partial charge in [-0.15, -0.1) is 0 Å². The molecule has 0 unspecified atom stereocenters. The summed E-state index contributed by atoms with van der Waals surface area (Å²) >= 11 is 6.97. The summed E-state index contributed by atoms with van der Waals surface area (Å²) in [5, 5.41) is 3.99. The second-order valence-electron chi connectivity index (χ2n) is 5.21. The predicted octanol–water partition coefficient (Wildman–Crippen LogP) is 3.92. The average Bonchev–Trinajstić information content (AvgIpc) is 2.46. The Kier molecular flexibility index (Phi) is 5.39. The molecule has 0 aliphatic heterocycles. The van der Waals surface area contributed by atoms with Crippen molar-refractivity contribution in [3.8, 4) is 0 Å². The highest BCUT2D eigenvalue weighted by atomic mass is 79.9. The summed E-state index contributed by atoms with van der Waals surface area (Å²) < 4.78 is 0.740. The van der Waals surface area contributed by atoms with Crippen LogP contribution in [0.2, 0.25) is 0 Å². The molecule has 3 nitrogen and oxygen atoms in total. The lowest BCUT2D eigenvalue weighted by Crippen LogP contribution is -2.40. The Labute approximate surface area is 130 Å². The van der Waals surface area contributed by atoms with Gasteiger partial charge in [0.05, 0.1) is 0 Å². The fourth-order valence-corrected chi connectivity index (χ4v) is 3.76. The summed E-state index contributed by atoms with van der Waals surface area (Å²) in [6, 6.07) is 3.64. The molecule has 1 amide bonds. The average molecular weight is 390 g/mol. The lowest BCUT2D eigenvalue weighted by molar-refractivity contribution is 0.0916. The Balaban J connectivity index is 1.98. The van der Waals surface area contributed by atoms with E-state index in [-0.39, 0.29) is 11.3 Å². The van der Waals surface area contributed by atoms with Crippen LogP contribution in [0.5, 0.6) is 0 Å². The summed E-state index contributed by atoms with van der Waals surface area (Å²) in [6.07, 6.45) is 7.84. The maximum absolute atomic E-state index is 12.1. The fourth-order valence-electron chi connectivity index (χ4n) is 2.56. The molecule has 5 heteroatoms. The molecule has 1 fully saturated rings. The Bertz CT molecular complexity index is 445. The normalized spacial score (nSPS) is 18.0. The molecular formula is C14H18Br2N2O. The molecule has 1 aliphatic rings. The predicted molar refractivity (Wildman–Crippen MR) is 83.6 cm³/mol.